The van der Waals surface area contributed by atoms with E-state index in [9.17, 15) is 19.7 Å². The van der Waals surface area contributed by atoms with Crippen molar-refractivity contribution in [3.63, 3.8) is 0 Å². The third-order valence-corrected chi connectivity index (χ3v) is 27.4. The normalized spacial score (nSPS) is 22.8. The van der Waals surface area contributed by atoms with E-state index in [-0.39, 0.29) is 41.6 Å². The van der Waals surface area contributed by atoms with Crippen molar-refractivity contribution in [3.05, 3.63) is 295 Å². The zero-order chi connectivity index (χ0) is 88.3. The predicted molar refractivity (Wildman–Crippen MR) is 511 cm³/mol. The largest absolute Gasteiger partial charge is 0.489 e. The summed E-state index contributed by atoms with van der Waals surface area (Å²) >= 11 is 12.6. The van der Waals surface area contributed by atoms with E-state index in [4.69, 9.17) is 42.1 Å². The number of hydrogen-bond donors (Lipinski definition) is 3. The van der Waals surface area contributed by atoms with Crippen LogP contribution in [-0.4, -0.2) is 222 Å². The number of piperazine rings is 1. The van der Waals surface area contributed by atoms with Gasteiger partial charge in [-0.25, -0.2) is 4.39 Å². The second kappa shape index (κ2) is 48.2. The van der Waals surface area contributed by atoms with Gasteiger partial charge in [0.05, 0.1) is 18.3 Å². The van der Waals surface area contributed by atoms with E-state index in [0.717, 1.165) is 213 Å². The molecule has 16 rings (SSSR count). The smallest absolute Gasteiger partial charge is 0.124 e. The molecule has 7 fully saturated rings. The molecular weight excluding hydrogens is 1610 g/mol. The first-order chi connectivity index (χ1) is 61.1. The number of hydrogen-bond acceptors (Lipinski definition) is 16. The monoisotopic (exact) mass is 1750 g/mol. The molecule has 2 aliphatic carbocycles. The number of ether oxygens (including phenoxy) is 4. The molecule has 19 heteroatoms. The summed E-state index contributed by atoms with van der Waals surface area (Å²) in [7, 11) is 10.7. The van der Waals surface area contributed by atoms with Crippen molar-refractivity contribution in [2.45, 2.75) is 217 Å². The predicted octanol–water partition coefficient (Wildman–Crippen LogP) is 19.3. The average molecular weight is 1760 g/mol. The second-order valence-electron chi connectivity index (χ2n) is 37.8. The number of likely N-dealkylation sites (tertiary alicyclic amines) is 3. The molecule has 9 aromatic carbocycles. The van der Waals surface area contributed by atoms with E-state index >= 15 is 0 Å². The highest BCUT2D eigenvalue weighted by molar-refractivity contribution is 6.31. The number of para-hydroxylation sites is 1. The minimum Gasteiger partial charge on any atom is -0.489 e. The Kier molecular flexibility index (Phi) is 36.6. The Morgan fingerprint density at radius 1 is 0.397 bits per heavy atom. The standard InChI is InChI=1S/C29H43N3O2.C27H37ClN2O2.C27H31FN2O.C24H31ClN2O2/c1-29(2,3)25-10-11-28(34-22-23-8-6-5-7-9-23)24(20-25)21-31-14-12-26(27(33)13-15-31)32-18-16-30(4)17-19-32;1-29-14-5-15-30(17-16-29)25-11-8-21(9-12-26(25)31)18-23-19-24(28)10-13-27(23)32-20-22-6-3-2-4-7-22;1-29(2)18-21-8-5-11-23(16-21)26-13-7-15-30(26)19-24-10-3-4-14-27(24)31-20-22-9-6-12-25(28)17-22;1-26(21-10-11-22(24(21)28)27-13-5-6-14-27)16-19-15-20(25)9-12-23(19)29-17-18-7-3-2-4-8-18/h5-11,20,26-27,33H,12-19,21-22H2,1-4H3;2-4,6-7,10,13,19,21,25-26,31H,5,8-9,11-12,14-18,20H2,1H3;3-6,8-12,14,16-17,26H,7,13,15,18-20H2,1-2H3;2-4,7-9,12,15,21-22,24,28H,5-6,10-11,13-14,16-17H2,1H3/t26-,27-;21?,25-,26-;;21-,22-,24-/m00.1/s1. The SMILES string of the molecule is CN(C)Cc1cccc(C2CCCN2Cc2ccccc2OCc2cccc(F)c2)c1.CN(Cc1cc(Cl)ccc1OCc1ccccc1)[C@@H]1CC[C@@H](N2CCCC2)[C@@H]1O.CN1CCCN([C@H]2CCC(Cc3cc(Cl)ccc3OCc3ccccc3)CC[C@@H]2O)CC1.CN1CCN([C@H]2CCN(Cc3cc(C(C)(C)C)ccc3OCc3ccccc3)CC[C@@H]2O)CC1. The van der Waals surface area contributed by atoms with Crippen LogP contribution >= 0.6 is 23.2 Å². The number of rotatable bonds is 27. The Morgan fingerprint density at radius 3 is 1.55 bits per heavy atom. The summed E-state index contributed by atoms with van der Waals surface area (Å²) in [4.78, 5) is 21.9. The molecule has 678 valence electrons. The first-order valence-corrected chi connectivity index (χ1v) is 47.5. The van der Waals surface area contributed by atoms with Gasteiger partial charge in [-0.1, -0.05) is 202 Å². The fraction of sp³-hybridized carbons (Fsp3) is 0.495. The van der Waals surface area contributed by atoms with Gasteiger partial charge >= 0.3 is 0 Å². The highest BCUT2D eigenvalue weighted by atomic mass is 35.5. The van der Waals surface area contributed by atoms with Gasteiger partial charge in [-0.2, -0.15) is 0 Å². The quantitative estimate of drug-likeness (QED) is 0.0422. The van der Waals surface area contributed by atoms with Crippen molar-refractivity contribution in [1.82, 2.24) is 44.1 Å². The molecular formula is C107H142Cl2FN9O7. The van der Waals surface area contributed by atoms with Crippen molar-refractivity contribution >= 4 is 23.2 Å². The van der Waals surface area contributed by atoms with Crippen LogP contribution in [-0.2, 0) is 64.4 Å². The van der Waals surface area contributed by atoms with Crippen molar-refractivity contribution in [3.8, 4) is 23.0 Å². The van der Waals surface area contributed by atoms with Crippen molar-refractivity contribution in [1.29, 1.82) is 0 Å². The molecule has 5 heterocycles. The highest BCUT2D eigenvalue weighted by Gasteiger charge is 2.41. The number of aliphatic hydroxyl groups is 3. The summed E-state index contributed by atoms with van der Waals surface area (Å²) < 4.78 is 38.2. The maximum absolute atomic E-state index is 13.5. The van der Waals surface area contributed by atoms with Crippen LogP contribution in [0.2, 0.25) is 10.0 Å². The number of benzene rings is 9. The van der Waals surface area contributed by atoms with E-state index in [1.165, 1.54) is 83.2 Å². The topological polar surface area (TPSA) is 127 Å². The maximum atomic E-state index is 13.5. The molecule has 0 aromatic heterocycles. The molecule has 9 atom stereocenters. The molecule has 16 nitrogen and oxygen atoms in total. The molecule has 0 amide bonds. The Labute approximate surface area is 763 Å². The Hall–Kier alpha value is -7.79. The van der Waals surface area contributed by atoms with Crippen LogP contribution in [0.15, 0.2) is 218 Å². The molecule has 3 N–H and O–H groups in total. The second-order valence-corrected chi connectivity index (χ2v) is 38.7. The summed E-state index contributed by atoms with van der Waals surface area (Å²) in [6.45, 7) is 26.2. The number of halogens is 3. The molecule has 0 bridgehead atoms. The Bertz CT molecular complexity index is 4730. The lowest BCUT2D eigenvalue weighted by Gasteiger charge is -2.39. The molecule has 2 saturated carbocycles. The number of aliphatic hydroxyl groups excluding tert-OH is 3. The minimum atomic E-state index is -0.300. The molecule has 0 spiro atoms. The maximum Gasteiger partial charge on any atom is 0.124 e. The summed E-state index contributed by atoms with van der Waals surface area (Å²) in [5, 5.41) is 34.4. The number of nitrogens with zero attached hydrogens (tertiary/aromatic N) is 9. The van der Waals surface area contributed by atoms with Gasteiger partial charge < -0.3 is 49.0 Å². The third kappa shape index (κ3) is 28.9. The van der Waals surface area contributed by atoms with Crippen molar-refractivity contribution in [2.24, 2.45) is 5.92 Å². The Balaban J connectivity index is 0.000000144. The zero-order valence-electron chi connectivity index (χ0n) is 76.4. The van der Waals surface area contributed by atoms with Gasteiger partial charge in [0.2, 0.25) is 0 Å². The molecule has 2 unspecified atom stereocenters. The van der Waals surface area contributed by atoms with Crippen LogP contribution in [0.1, 0.15) is 171 Å². The highest BCUT2D eigenvalue weighted by Crippen LogP contribution is 2.39. The Morgan fingerprint density at radius 2 is 0.905 bits per heavy atom. The van der Waals surface area contributed by atoms with E-state index in [0.29, 0.717) is 62.0 Å². The van der Waals surface area contributed by atoms with Gasteiger partial charge in [0.1, 0.15) is 55.2 Å². The van der Waals surface area contributed by atoms with Crippen LogP contribution < -0.4 is 18.9 Å². The lowest BCUT2D eigenvalue weighted by atomic mass is 9.86. The van der Waals surface area contributed by atoms with E-state index in [1.54, 1.807) is 6.07 Å². The summed E-state index contributed by atoms with van der Waals surface area (Å²) in [6.07, 6.45) is 14.3. The fourth-order valence-corrected chi connectivity index (χ4v) is 20.1. The summed E-state index contributed by atoms with van der Waals surface area (Å²) in [5.41, 5.74) is 13.2. The lowest BCUT2D eigenvalue weighted by molar-refractivity contribution is 0.0224. The molecule has 5 aliphatic heterocycles. The van der Waals surface area contributed by atoms with Gasteiger partial charge in [0.15, 0.2) is 0 Å². The van der Waals surface area contributed by atoms with Crippen molar-refractivity contribution < 1.29 is 38.7 Å². The van der Waals surface area contributed by atoms with Crippen LogP contribution in [0.5, 0.6) is 23.0 Å². The van der Waals surface area contributed by atoms with E-state index in [1.807, 2.05) is 91.0 Å². The lowest BCUT2D eigenvalue weighted by Crippen LogP contribution is -2.52. The first-order valence-electron chi connectivity index (χ1n) is 46.8. The average Bonchev–Trinajstić information content (AvgIpc) is 1.72. The van der Waals surface area contributed by atoms with Gasteiger partial charge in [0.25, 0.3) is 0 Å². The van der Waals surface area contributed by atoms with Crippen LogP contribution in [0.3, 0.4) is 0 Å². The van der Waals surface area contributed by atoms with E-state index < -0.39 is 0 Å². The van der Waals surface area contributed by atoms with Crippen molar-refractivity contribution in [2.75, 3.05) is 120 Å². The zero-order valence-corrected chi connectivity index (χ0v) is 77.9. The third-order valence-electron chi connectivity index (χ3n) is 26.9. The molecule has 9 aromatic rings. The van der Waals surface area contributed by atoms with Crippen LogP contribution in [0.25, 0.3) is 0 Å². The van der Waals surface area contributed by atoms with Gasteiger partial charge in [-0.15, -0.1) is 0 Å². The number of likely N-dealkylation sites (N-methyl/N-ethyl adjacent to an activating group) is 3. The van der Waals surface area contributed by atoms with Crippen LogP contribution in [0, 0.1) is 11.7 Å². The summed E-state index contributed by atoms with van der Waals surface area (Å²) in [6, 6.07) is 74.6. The molecule has 5 saturated heterocycles. The molecule has 126 heavy (non-hydrogen) atoms. The minimum absolute atomic E-state index is 0.0915. The summed E-state index contributed by atoms with van der Waals surface area (Å²) in [5.74, 6) is 3.94. The molecule has 0 radical (unpaired) electrons. The van der Waals surface area contributed by atoms with Crippen LogP contribution in [0.4, 0.5) is 4.39 Å². The van der Waals surface area contributed by atoms with Gasteiger partial charge in [0, 0.05) is 135 Å². The first kappa shape index (κ1) is 95.8. The fourth-order valence-electron chi connectivity index (χ4n) is 19.7. The van der Waals surface area contributed by atoms with Gasteiger partial charge in [-0.05, 0) is 274 Å². The van der Waals surface area contributed by atoms with Gasteiger partial charge in [-0.3, -0.25) is 29.4 Å². The van der Waals surface area contributed by atoms with E-state index in [2.05, 4.69) is 209 Å². The molecule has 7 aliphatic rings.